The molecule has 0 aliphatic heterocycles. The number of aromatic nitrogens is 1. The molecule has 0 aliphatic carbocycles. The van der Waals surface area contributed by atoms with Crippen LogP contribution in [0.2, 0.25) is 0 Å². The first-order chi connectivity index (χ1) is 9.35. The number of hydrogen-bond donors (Lipinski definition) is 1. The summed E-state index contributed by atoms with van der Waals surface area (Å²) in [6.07, 6.45) is -4.13. The second kappa shape index (κ2) is 5.50. The first-order valence-corrected chi connectivity index (χ1v) is 5.81. The number of rotatable bonds is 3. The summed E-state index contributed by atoms with van der Waals surface area (Å²) >= 11 is 0. The molecule has 106 valence electrons. The fourth-order valence-corrected chi connectivity index (χ4v) is 1.69. The van der Waals surface area contributed by atoms with Crippen LogP contribution < -0.4 is 4.74 Å². The highest BCUT2D eigenvalue weighted by atomic mass is 19.4. The van der Waals surface area contributed by atoms with E-state index in [1.165, 1.54) is 18.3 Å². The van der Waals surface area contributed by atoms with Gasteiger partial charge in [0.25, 0.3) is 0 Å². The van der Waals surface area contributed by atoms with Crippen molar-refractivity contribution < 1.29 is 23.0 Å². The molecule has 6 heteroatoms. The van der Waals surface area contributed by atoms with Crippen LogP contribution in [0.4, 0.5) is 13.2 Å². The first kappa shape index (κ1) is 14.3. The van der Waals surface area contributed by atoms with Crippen LogP contribution in [-0.4, -0.2) is 16.5 Å². The van der Waals surface area contributed by atoms with Gasteiger partial charge in [0.1, 0.15) is 11.9 Å². The number of ether oxygens (including phenoxy) is 1. The maximum atomic E-state index is 12.0. The van der Waals surface area contributed by atoms with Gasteiger partial charge in [0.15, 0.2) is 0 Å². The Labute approximate surface area is 113 Å². The Kier molecular flexibility index (Phi) is 3.94. The first-order valence-electron chi connectivity index (χ1n) is 5.81. The smallest absolute Gasteiger partial charge is 0.406 e. The molecule has 0 aliphatic rings. The maximum Gasteiger partial charge on any atom is 0.573 e. The Morgan fingerprint density at radius 1 is 1.05 bits per heavy atom. The molecular weight excluding hydrogens is 271 g/mol. The number of aryl methyl sites for hydroxylation is 1. The molecule has 0 spiro atoms. The van der Waals surface area contributed by atoms with Crippen molar-refractivity contribution in [3.63, 3.8) is 0 Å². The minimum absolute atomic E-state index is 0.324. The molecule has 0 saturated carbocycles. The van der Waals surface area contributed by atoms with Crippen molar-refractivity contribution in [2.24, 2.45) is 0 Å². The van der Waals surface area contributed by atoms with Gasteiger partial charge in [-0.3, -0.25) is 4.98 Å². The molecular formula is C14H12F3NO2. The van der Waals surface area contributed by atoms with Crippen LogP contribution >= 0.6 is 0 Å². The van der Waals surface area contributed by atoms with Crippen LogP contribution in [-0.2, 0) is 0 Å². The second-order valence-electron chi connectivity index (χ2n) is 4.25. The Balaban J connectivity index is 2.15. The van der Waals surface area contributed by atoms with Crippen LogP contribution in [0.1, 0.15) is 22.9 Å². The number of aliphatic hydroxyl groups is 1. The van der Waals surface area contributed by atoms with E-state index in [9.17, 15) is 18.3 Å². The van der Waals surface area contributed by atoms with E-state index < -0.39 is 12.5 Å². The zero-order valence-electron chi connectivity index (χ0n) is 10.6. The molecule has 1 heterocycles. The number of hydrogen-bond acceptors (Lipinski definition) is 3. The fraction of sp³-hybridized carbons (Fsp3) is 0.214. The Bertz CT molecular complexity index is 564. The van der Waals surface area contributed by atoms with Gasteiger partial charge in [-0.15, -0.1) is 13.2 Å². The third-order valence-corrected chi connectivity index (χ3v) is 2.68. The zero-order valence-corrected chi connectivity index (χ0v) is 10.6. The number of benzene rings is 1. The third-order valence-electron chi connectivity index (χ3n) is 2.68. The van der Waals surface area contributed by atoms with E-state index in [0.29, 0.717) is 11.1 Å². The largest absolute Gasteiger partial charge is 0.573 e. The third kappa shape index (κ3) is 3.71. The van der Waals surface area contributed by atoms with E-state index in [1.807, 2.05) is 6.92 Å². The number of pyridine rings is 1. The monoisotopic (exact) mass is 283 g/mol. The lowest BCUT2D eigenvalue weighted by molar-refractivity contribution is -0.274. The quantitative estimate of drug-likeness (QED) is 0.939. The Morgan fingerprint density at radius 2 is 1.65 bits per heavy atom. The van der Waals surface area contributed by atoms with Crippen LogP contribution in [0.25, 0.3) is 0 Å². The zero-order chi connectivity index (χ0) is 14.8. The van der Waals surface area contributed by atoms with Crippen molar-refractivity contribution in [2.75, 3.05) is 0 Å². The minimum atomic E-state index is -4.72. The predicted molar refractivity (Wildman–Crippen MR) is 66.2 cm³/mol. The lowest BCUT2D eigenvalue weighted by atomic mass is 10.0. The summed E-state index contributed by atoms with van der Waals surface area (Å²) in [5, 5.41) is 10.1. The van der Waals surface area contributed by atoms with Crippen LogP contribution in [0.5, 0.6) is 5.75 Å². The van der Waals surface area contributed by atoms with Gasteiger partial charge in [-0.1, -0.05) is 18.2 Å². The van der Waals surface area contributed by atoms with Crippen molar-refractivity contribution in [2.45, 2.75) is 19.4 Å². The highest BCUT2D eigenvalue weighted by molar-refractivity contribution is 5.33. The van der Waals surface area contributed by atoms with E-state index in [-0.39, 0.29) is 5.75 Å². The average molecular weight is 283 g/mol. The van der Waals surface area contributed by atoms with Crippen LogP contribution in [0, 0.1) is 6.92 Å². The maximum absolute atomic E-state index is 12.0. The molecule has 1 unspecified atom stereocenters. The minimum Gasteiger partial charge on any atom is -0.406 e. The normalized spacial score (nSPS) is 13.1. The molecule has 3 nitrogen and oxygen atoms in total. The molecule has 0 fully saturated rings. The summed E-state index contributed by atoms with van der Waals surface area (Å²) in [6, 6.07) is 8.55. The molecule has 0 saturated heterocycles. The van der Waals surface area contributed by atoms with Gasteiger partial charge in [-0.2, -0.15) is 0 Å². The lowest BCUT2D eigenvalue weighted by Gasteiger charge is -2.13. The Hall–Kier alpha value is -2.08. The fourth-order valence-electron chi connectivity index (χ4n) is 1.69. The highest BCUT2D eigenvalue weighted by Gasteiger charge is 2.31. The number of alkyl halides is 3. The van der Waals surface area contributed by atoms with Crippen LogP contribution in [0.15, 0.2) is 42.6 Å². The molecule has 20 heavy (non-hydrogen) atoms. The van der Waals surface area contributed by atoms with Crippen LogP contribution in [0.3, 0.4) is 0 Å². The van der Waals surface area contributed by atoms with Gasteiger partial charge in [-0.05, 0) is 30.7 Å². The van der Waals surface area contributed by atoms with Crippen molar-refractivity contribution >= 4 is 0 Å². The molecule has 0 bridgehead atoms. The van der Waals surface area contributed by atoms with E-state index in [0.717, 1.165) is 17.8 Å². The Morgan fingerprint density at radius 3 is 2.15 bits per heavy atom. The number of nitrogens with zero attached hydrogens (tertiary/aromatic N) is 1. The molecule has 0 radical (unpaired) electrons. The van der Waals surface area contributed by atoms with Gasteiger partial charge in [0.2, 0.25) is 0 Å². The van der Waals surface area contributed by atoms with Crippen molar-refractivity contribution in [1.82, 2.24) is 4.98 Å². The summed E-state index contributed by atoms with van der Waals surface area (Å²) in [7, 11) is 0. The standard InChI is InChI=1S/C14H12F3NO2/c1-9-2-3-11(8-18-9)13(19)10-4-6-12(7-5-10)20-14(15,16)17/h2-8,13,19H,1H3. The number of halogens is 3. The SMILES string of the molecule is Cc1ccc(C(O)c2ccc(OC(F)(F)F)cc2)cn1. The van der Waals surface area contributed by atoms with Gasteiger partial charge in [0, 0.05) is 17.5 Å². The van der Waals surface area contributed by atoms with Crippen molar-refractivity contribution in [3.8, 4) is 5.75 Å². The molecule has 1 aromatic heterocycles. The van der Waals surface area contributed by atoms with Gasteiger partial charge in [-0.25, -0.2) is 0 Å². The molecule has 1 N–H and O–H groups in total. The lowest BCUT2D eigenvalue weighted by Crippen LogP contribution is -2.17. The predicted octanol–water partition coefficient (Wildman–Crippen LogP) is 3.37. The summed E-state index contributed by atoms with van der Waals surface area (Å²) in [4.78, 5) is 4.06. The van der Waals surface area contributed by atoms with E-state index in [1.54, 1.807) is 12.1 Å². The van der Waals surface area contributed by atoms with Crippen molar-refractivity contribution in [1.29, 1.82) is 0 Å². The molecule has 0 amide bonds. The summed E-state index contributed by atoms with van der Waals surface area (Å²) < 4.78 is 39.8. The van der Waals surface area contributed by atoms with Gasteiger partial charge in [0.05, 0.1) is 0 Å². The number of aliphatic hydroxyl groups excluding tert-OH is 1. The van der Waals surface area contributed by atoms with Gasteiger partial charge >= 0.3 is 6.36 Å². The average Bonchev–Trinajstić information content (AvgIpc) is 2.38. The highest BCUT2D eigenvalue weighted by Crippen LogP contribution is 2.26. The second-order valence-corrected chi connectivity index (χ2v) is 4.25. The molecule has 2 aromatic rings. The van der Waals surface area contributed by atoms with Gasteiger partial charge < -0.3 is 9.84 Å². The van der Waals surface area contributed by atoms with E-state index in [2.05, 4.69) is 9.72 Å². The van der Waals surface area contributed by atoms with E-state index >= 15 is 0 Å². The topological polar surface area (TPSA) is 42.4 Å². The van der Waals surface area contributed by atoms with E-state index in [4.69, 9.17) is 0 Å². The summed E-state index contributed by atoms with van der Waals surface area (Å²) in [5.41, 5.74) is 1.85. The summed E-state index contributed by atoms with van der Waals surface area (Å²) in [6.45, 7) is 1.82. The molecule has 1 atom stereocenters. The molecule has 1 aromatic carbocycles. The van der Waals surface area contributed by atoms with Crippen molar-refractivity contribution in [3.05, 3.63) is 59.4 Å². The molecule has 2 rings (SSSR count). The summed E-state index contributed by atoms with van der Waals surface area (Å²) in [5.74, 6) is -0.324.